The predicted octanol–water partition coefficient (Wildman–Crippen LogP) is 3.00. The highest BCUT2D eigenvalue weighted by molar-refractivity contribution is 7.91. The van der Waals surface area contributed by atoms with E-state index in [4.69, 9.17) is 18.3 Å². The number of nitrogens with zero attached hydrogens (tertiary/aromatic N) is 2. The second-order valence-electron chi connectivity index (χ2n) is 6.11. The van der Waals surface area contributed by atoms with Crippen LogP contribution in [0.25, 0.3) is 11.7 Å². The number of rotatable bonds is 6. The maximum absolute atomic E-state index is 13.3. The van der Waals surface area contributed by atoms with Gasteiger partial charge in [0.2, 0.25) is 20.7 Å². The Balaban J connectivity index is 1.77. The molecule has 0 N–H and O–H groups in total. The van der Waals surface area contributed by atoms with Crippen molar-refractivity contribution >= 4 is 15.7 Å². The van der Waals surface area contributed by atoms with Gasteiger partial charge in [-0.05, 0) is 43.3 Å². The van der Waals surface area contributed by atoms with Crippen LogP contribution in [0.4, 0.5) is 5.88 Å². The molecule has 0 radical (unpaired) electrons. The van der Waals surface area contributed by atoms with Gasteiger partial charge in [0.05, 0.1) is 31.0 Å². The third-order valence-electron chi connectivity index (χ3n) is 4.31. The normalized spacial score (nSPS) is 15.0. The van der Waals surface area contributed by atoms with E-state index in [-0.39, 0.29) is 21.7 Å². The number of aromatic nitrogens is 1. The number of oxazole rings is 1. The van der Waals surface area contributed by atoms with Gasteiger partial charge in [0.15, 0.2) is 5.76 Å². The summed E-state index contributed by atoms with van der Waals surface area (Å²) in [7, 11) is -3.91. The van der Waals surface area contributed by atoms with E-state index in [1.807, 2.05) is 11.8 Å². The van der Waals surface area contributed by atoms with Crippen LogP contribution in [-0.4, -0.2) is 46.3 Å². The van der Waals surface area contributed by atoms with Crippen LogP contribution in [0.1, 0.15) is 6.92 Å². The molecule has 0 unspecified atom stereocenters. The molecular formula is C19H20N2O6S. The van der Waals surface area contributed by atoms with Crippen LogP contribution in [0.2, 0.25) is 0 Å². The molecule has 2 aromatic heterocycles. The van der Waals surface area contributed by atoms with E-state index in [2.05, 4.69) is 4.98 Å². The minimum Gasteiger partial charge on any atom is -0.494 e. The van der Waals surface area contributed by atoms with Crippen molar-refractivity contribution in [2.45, 2.75) is 16.8 Å². The van der Waals surface area contributed by atoms with Gasteiger partial charge in [0.1, 0.15) is 5.75 Å². The third-order valence-corrected chi connectivity index (χ3v) is 5.98. The molecule has 0 atom stereocenters. The number of ether oxygens (including phenoxy) is 2. The molecule has 1 aliphatic heterocycles. The Labute approximate surface area is 162 Å². The molecule has 0 spiro atoms. The average molecular weight is 404 g/mol. The van der Waals surface area contributed by atoms with E-state index in [1.54, 1.807) is 24.3 Å². The Bertz CT molecular complexity index is 1020. The number of hydrogen-bond donors (Lipinski definition) is 0. The molecule has 1 aromatic carbocycles. The molecule has 9 heteroatoms. The molecule has 1 fully saturated rings. The average Bonchev–Trinajstić information content (AvgIpc) is 3.39. The molecule has 1 saturated heterocycles. The van der Waals surface area contributed by atoms with Gasteiger partial charge in [-0.25, -0.2) is 8.42 Å². The molecule has 0 aliphatic carbocycles. The first-order valence-electron chi connectivity index (χ1n) is 8.95. The van der Waals surface area contributed by atoms with Crippen molar-refractivity contribution in [1.29, 1.82) is 0 Å². The van der Waals surface area contributed by atoms with E-state index in [9.17, 15) is 8.42 Å². The lowest BCUT2D eigenvalue weighted by Gasteiger charge is -2.26. The molecule has 3 heterocycles. The minimum absolute atomic E-state index is 0.116. The van der Waals surface area contributed by atoms with Gasteiger partial charge in [-0.15, -0.1) is 0 Å². The Kier molecular flexibility index (Phi) is 5.10. The predicted molar refractivity (Wildman–Crippen MR) is 100 cm³/mol. The Hall–Kier alpha value is -2.78. The molecule has 4 rings (SSSR count). The molecule has 8 nitrogen and oxygen atoms in total. The number of hydrogen-bond acceptors (Lipinski definition) is 8. The second kappa shape index (κ2) is 7.69. The lowest BCUT2D eigenvalue weighted by Crippen LogP contribution is -2.36. The Morgan fingerprint density at radius 1 is 1.14 bits per heavy atom. The number of benzene rings is 1. The van der Waals surface area contributed by atoms with E-state index in [0.29, 0.717) is 44.4 Å². The summed E-state index contributed by atoms with van der Waals surface area (Å²) in [5.41, 5.74) is 0. The highest BCUT2D eigenvalue weighted by Gasteiger charge is 2.32. The van der Waals surface area contributed by atoms with Crippen molar-refractivity contribution in [2.24, 2.45) is 0 Å². The van der Waals surface area contributed by atoms with Crippen LogP contribution in [0.5, 0.6) is 5.75 Å². The van der Waals surface area contributed by atoms with Gasteiger partial charge in [-0.2, -0.15) is 4.98 Å². The quantitative estimate of drug-likeness (QED) is 0.619. The minimum atomic E-state index is -3.91. The fraction of sp³-hybridized carbons (Fsp3) is 0.316. The van der Waals surface area contributed by atoms with E-state index in [1.165, 1.54) is 18.4 Å². The van der Waals surface area contributed by atoms with Crippen LogP contribution < -0.4 is 9.64 Å². The first-order chi connectivity index (χ1) is 13.6. The molecule has 0 bridgehead atoms. The molecular weight excluding hydrogens is 384 g/mol. The maximum atomic E-state index is 13.3. The van der Waals surface area contributed by atoms with Gasteiger partial charge in [-0.1, -0.05) is 0 Å². The summed E-state index contributed by atoms with van der Waals surface area (Å²) in [5.74, 6) is 1.29. The Morgan fingerprint density at radius 3 is 2.54 bits per heavy atom. The highest BCUT2D eigenvalue weighted by atomic mass is 32.2. The number of sulfone groups is 1. The molecule has 148 valence electrons. The van der Waals surface area contributed by atoms with Crippen molar-refractivity contribution in [1.82, 2.24) is 4.98 Å². The SMILES string of the molecule is CCOc1ccc(S(=O)(=O)c2nc(-c3ccco3)oc2N2CCOCC2)cc1. The van der Waals surface area contributed by atoms with Crippen molar-refractivity contribution in [2.75, 3.05) is 37.8 Å². The fourth-order valence-corrected chi connectivity index (χ4v) is 4.26. The zero-order chi connectivity index (χ0) is 19.6. The van der Waals surface area contributed by atoms with Gasteiger partial charge in [0.25, 0.3) is 5.89 Å². The van der Waals surface area contributed by atoms with Gasteiger partial charge in [0, 0.05) is 13.1 Å². The summed E-state index contributed by atoms with van der Waals surface area (Å²) in [4.78, 5) is 6.21. The molecule has 0 saturated carbocycles. The van der Waals surface area contributed by atoms with Crippen LogP contribution in [0.3, 0.4) is 0 Å². The monoisotopic (exact) mass is 404 g/mol. The summed E-state index contributed by atoms with van der Waals surface area (Å²) >= 11 is 0. The van der Waals surface area contributed by atoms with E-state index < -0.39 is 9.84 Å². The summed E-state index contributed by atoms with van der Waals surface area (Å²) in [6.07, 6.45) is 1.48. The summed E-state index contributed by atoms with van der Waals surface area (Å²) < 4.78 is 48.5. The zero-order valence-corrected chi connectivity index (χ0v) is 16.1. The lowest BCUT2D eigenvalue weighted by atomic mass is 10.3. The number of furan rings is 1. The van der Waals surface area contributed by atoms with E-state index >= 15 is 0 Å². The Morgan fingerprint density at radius 2 is 1.89 bits per heavy atom. The molecule has 0 amide bonds. The van der Waals surface area contributed by atoms with Gasteiger partial charge < -0.3 is 23.2 Å². The molecule has 1 aliphatic rings. The fourth-order valence-electron chi connectivity index (χ4n) is 2.94. The van der Waals surface area contributed by atoms with Gasteiger partial charge in [-0.3, -0.25) is 0 Å². The number of anilines is 1. The topological polar surface area (TPSA) is 95.0 Å². The number of morpholine rings is 1. The highest BCUT2D eigenvalue weighted by Crippen LogP contribution is 2.35. The van der Waals surface area contributed by atoms with Crippen molar-refractivity contribution in [3.63, 3.8) is 0 Å². The standard InChI is InChI=1S/C19H20N2O6S/c1-2-25-14-5-7-15(8-6-14)28(22,23)18-19(21-9-12-24-13-10-21)27-17(20-18)16-4-3-11-26-16/h3-8,11H,2,9-10,12-13H2,1H3. The van der Waals surface area contributed by atoms with E-state index in [0.717, 1.165) is 0 Å². The summed E-state index contributed by atoms with van der Waals surface area (Å²) in [5, 5.41) is -0.134. The van der Waals surface area contributed by atoms with Crippen molar-refractivity contribution in [3.05, 3.63) is 42.7 Å². The van der Waals surface area contributed by atoms with Crippen molar-refractivity contribution < 1.29 is 26.7 Å². The van der Waals surface area contributed by atoms with Crippen LogP contribution >= 0.6 is 0 Å². The summed E-state index contributed by atoms with van der Waals surface area (Å²) in [6, 6.07) is 9.61. The molecule has 3 aromatic rings. The lowest BCUT2D eigenvalue weighted by molar-refractivity contribution is 0.120. The zero-order valence-electron chi connectivity index (χ0n) is 15.3. The first kappa shape index (κ1) is 18.6. The second-order valence-corrected chi connectivity index (χ2v) is 7.98. The largest absolute Gasteiger partial charge is 0.494 e. The first-order valence-corrected chi connectivity index (χ1v) is 10.4. The maximum Gasteiger partial charge on any atom is 0.266 e. The van der Waals surface area contributed by atoms with Crippen molar-refractivity contribution in [3.8, 4) is 17.4 Å². The smallest absolute Gasteiger partial charge is 0.266 e. The van der Waals surface area contributed by atoms with Crippen LogP contribution in [0.15, 0.2) is 61.4 Å². The van der Waals surface area contributed by atoms with Crippen LogP contribution in [-0.2, 0) is 14.6 Å². The van der Waals surface area contributed by atoms with Gasteiger partial charge >= 0.3 is 0 Å². The molecule has 28 heavy (non-hydrogen) atoms. The van der Waals surface area contributed by atoms with Crippen LogP contribution in [0, 0.1) is 0 Å². The summed E-state index contributed by atoms with van der Waals surface area (Å²) in [6.45, 7) is 4.36. The third kappa shape index (κ3) is 3.50.